The number of carbonyl (C=O) groups is 1. The van der Waals surface area contributed by atoms with Crippen molar-refractivity contribution in [2.24, 2.45) is 0 Å². The molecule has 2 rings (SSSR count). The zero-order valence-electron chi connectivity index (χ0n) is 11.5. The molecule has 0 spiro atoms. The fourth-order valence-electron chi connectivity index (χ4n) is 2.22. The van der Waals surface area contributed by atoms with Gasteiger partial charge in [-0.3, -0.25) is 14.9 Å². The molecule has 0 aliphatic carbocycles. The van der Waals surface area contributed by atoms with Gasteiger partial charge < -0.3 is 9.64 Å². The van der Waals surface area contributed by atoms with Crippen molar-refractivity contribution in [3.8, 4) is 0 Å². The Morgan fingerprint density at radius 2 is 2.29 bits per heavy atom. The molecule has 21 heavy (non-hydrogen) atoms. The van der Waals surface area contributed by atoms with Crippen LogP contribution in [-0.2, 0) is 4.74 Å². The van der Waals surface area contributed by atoms with Gasteiger partial charge in [0.15, 0.2) is 0 Å². The van der Waals surface area contributed by atoms with E-state index in [9.17, 15) is 14.9 Å². The largest absolute Gasteiger partial charge is 0.380 e. The lowest BCUT2D eigenvalue weighted by molar-refractivity contribution is -0.385. The molecule has 0 aromatic heterocycles. The third-order valence-electron chi connectivity index (χ3n) is 3.31. The Bertz CT molecular complexity index is 601. The van der Waals surface area contributed by atoms with Gasteiger partial charge in [0.05, 0.1) is 11.5 Å². The molecule has 0 fully saturated rings. The summed E-state index contributed by atoms with van der Waals surface area (Å²) >= 11 is 5.85. The van der Waals surface area contributed by atoms with E-state index < -0.39 is 4.92 Å². The third kappa shape index (κ3) is 3.59. The molecule has 1 aromatic carbocycles. The SMILES string of the molecule is COCC1=CCN(C(=O)c2cc(Cl)ccc2[N+](=O)[O-])CC1. The van der Waals surface area contributed by atoms with Crippen LogP contribution < -0.4 is 0 Å². The second kappa shape index (κ2) is 6.69. The van der Waals surface area contributed by atoms with Crippen LogP contribution in [0.5, 0.6) is 0 Å². The van der Waals surface area contributed by atoms with E-state index in [1.54, 1.807) is 12.0 Å². The standard InChI is InChI=1S/C14H15ClN2O4/c1-21-9-10-4-6-16(7-5-10)14(18)12-8-11(15)2-3-13(12)17(19)20/h2-4,8H,5-7,9H2,1H3. The van der Waals surface area contributed by atoms with E-state index in [0.29, 0.717) is 31.1 Å². The Balaban J connectivity index is 2.22. The van der Waals surface area contributed by atoms with E-state index in [0.717, 1.165) is 5.57 Å². The summed E-state index contributed by atoms with van der Waals surface area (Å²) in [4.78, 5) is 24.5. The molecule has 0 saturated carbocycles. The molecule has 7 heteroatoms. The number of nitro groups is 1. The minimum absolute atomic E-state index is 0.0242. The molecule has 1 heterocycles. The van der Waals surface area contributed by atoms with E-state index in [2.05, 4.69) is 0 Å². The molecule has 0 atom stereocenters. The Morgan fingerprint density at radius 3 is 2.86 bits per heavy atom. The number of rotatable bonds is 4. The van der Waals surface area contributed by atoms with E-state index in [1.165, 1.54) is 18.2 Å². The molecular formula is C14H15ClN2O4. The van der Waals surface area contributed by atoms with Crippen molar-refractivity contribution in [2.75, 3.05) is 26.8 Å². The first kappa shape index (κ1) is 15.5. The number of nitrogens with zero attached hydrogens (tertiary/aromatic N) is 2. The summed E-state index contributed by atoms with van der Waals surface area (Å²) in [5.74, 6) is -0.378. The van der Waals surface area contributed by atoms with Gasteiger partial charge in [-0.2, -0.15) is 0 Å². The summed E-state index contributed by atoms with van der Waals surface area (Å²) < 4.78 is 5.05. The summed E-state index contributed by atoms with van der Waals surface area (Å²) in [6.07, 6.45) is 2.62. The molecule has 1 aromatic rings. The van der Waals surface area contributed by atoms with Gasteiger partial charge in [0, 0.05) is 31.3 Å². The maximum Gasteiger partial charge on any atom is 0.282 e. The maximum absolute atomic E-state index is 12.4. The predicted octanol–water partition coefficient (Wildman–Crippen LogP) is 2.67. The number of nitro benzene ring substituents is 1. The zero-order chi connectivity index (χ0) is 15.4. The quantitative estimate of drug-likeness (QED) is 0.487. The maximum atomic E-state index is 12.4. The van der Waals surface area contributed by atoms with Crippen molar-refractivity contribution in [2.45, 2.75) is 6.42 Å². The number of ether oxygens (including phenoxy) is 1. The second-order valence-corrected chi connectivity index (χ2v) is 5.15. The lowest BCUT2D eigenvalue weighted by Crippen LogP contribution is -2.35. The average molecular weight is 311 g/mol. The van der Waals surface area contributed by atoms with Crippen LogP contribution >= 0.6 is 11.6 Å². The van der Waals surface area contributed by atoms with Crippen LogP contribution in [0.4, 0.5) is 5.69 Å². The topological polar surface area (TPSA) is 72.7 Å². The van der Waals surface area contributed by atoms with Gasteiger partial charge in [0.25, 0.3) is 11.6 Å². The van der Waals surface area contributed by atoms with Crippen LogP contribution in [0.15, 0.2) is 29.8 Å². The highest BCUT2D eigenvalue weighted by Crippen LogP contribution is 2.25. The fourth-order valence-corrected chi connectivity index (χ4v) is 2.39. The van der Waals surface area contributed by atoms with Gasteiger partial charge in [-0.25, -0.2) is 0 Å². The Hall–Kier alpha value is -1.92. The smallest absolute Gasteiger partial charge is 0.282 e. The van der Waals surface area contributed by atoms with Crippen molar-refractivity contribution in [1.29, 1.82) is 0 Å². The predicted molar refractivity (Wildman–Crippen MR) is 78.6 cm³/mol. The van der Waals surface area contributed by atoms with Gasteiger partial charge in [0.1, 0.15) is 5.56 Å². The summed E-state index contributed by atoms with van der Waals surface area (Å²) in [7, 11) is 1.62. The molecule has 0 unspecified atom stereocenters. The highest BCUT2D eigenvalue weighted by Gasteiger charge is 2.26. The number of halogens is 1. The van der Waals surface area contributed by atoms with E-state index in [-0.39, 0.29) is 17.2 Å². The van der Waals surface area contributed by atoms with Gasteiger partial charge in [-0.05, 0) is 24.1 Å². The van der Waals surface area contributed by atoms with Crippen molar-refractivity contribution in [1.82, 2.24) is 4.90 Å². The summed E-state index contributed by atoms with van der Waals surface area (Å²) in [5, 5.41) is 11.3. The summed E-state index contributed by atoms with van der Waals surface area (Å²) in [6, 6.07) is 4.01. The minimum atomic E-state index is -0.570. The van der Waals surface area contributed by atoms with E-state index in [4.69, 9.17) is 16.3 Å². The first-order valence-corrected chi connectivity index (χ1v) is 6.80. The highest BCUT2D eigenvalue weighted by atomic mass is 35.5. The monoisotopic (exact) mass is 310 g/mol. The second-order valence-electron chi connectivity index (χ2n) is 4.72. The van der Waals surface area contributed by atoms with E-state index in [1.807, 2.05) is 6.08 Å². The van der Waals surface area contributed by atoms with Crippen molar-refractivity contribution in [3.05, 3.63) is 50.5 Å². The minimum Gasteiger partial charge on any atom is -0.380 e. The van der Waals surface area contributed by atoms with Crippen LogP contribution in [0.1, 0.15) is 16.8 Å². The average Bonchev–Trinajstić information content (AvgIpc) is 2.47. The van der Waals surface area contributed by atoms with E-state index >= 15 is 0 Å². The number of benzene rings is 1. The van der Waals surface area contributed by atoms with Gasteiger partial charge in [-0.15, -0.1) is 0 Å². The molecule has 0 bridgehead atoms. The van der Waals surface area contributed by atoms with Crippen LogP contribution in [0.25, 0.3) is 0 Å². The van der Waals surface area contributed by atoms with Crippen LogP contribution in [0.2, 0.25) is 5.02 Å². The summed E-state index contributed by atoms with van der Waals surface area (Å²) in [6.45, 7) is 1.47. The molecule has 0 radical (unpaired) electrons. The number of methoxy groups -OCH3 is 1. The molecular weight excluding hydrogens is 296 g/mol. The van der Waals surface area contributed by atoms with Crippen molar-refractivity contribution < 1.29 is 14.5 Å². The van der Waals surface area contributed by atoms with Crippen molar-refractivity contribution >= 4 is 23.2 Å². The normalized spacial score (nSPS) is 14.8. The lowest BCUT2D eigenvalue weighted by Gasteiger charge is -2.26. The van der Waals surface area contributed by atoms with Gasteiger partial charge in [-0.1, -0.05) is 17.7 Å². The van der Waals surface area contributed by atoms with Crippen molar-refractivity contribution in [3.63, 3.8) is 0 Å². The summed E-state index contributed by atoms with van der Waals surface area (Å²) in [5.41, 5.74) is 0.925. The Labute approximate surface area is 127 Å². The lowest BCUT2D eigenvalue weighted by atomic mass is 10.1. The number of hydrogen-bond acceptors (Lipinski definition) is 4. The fraction of sp³-hybridized carbons (Fsp3) is 0.357. The van der Waals surface area contributed by atoms with Crippen LogP contribution in [0, 0.1) is 10.1 Å². The Kier molecular flexibility index (Phi) is 4.93. The number of hydrogen-bond donors (Lipinski definition) is 0. The molecule has 0 saturated heterocycles. The molecule has 0 N–H and O–H groups in total. The van der Waals surface area contributed by atoms with Crippen LogP contribution in [0.3, 0.4) is 0 Å². The number of carbonyl (C=O) groups excluding carboxylic acids is 1. The zero-order valence-corrected chi connectivity index (χ0v) is 12.3. The highest BCUT2D eigenvalue weighted by molar-refractivity contribution is 6.31. The van der Waals surface area contributed by atoms with Crippen LogP contribution in [-0.4, -0.2) is 42.5 Å². The molecule has 112 valence electrons. The molecule has 1 aliphatic rings. The number of amides is 1. The van der Waals surface area contributed by atoms with Gasteiger partial charge >= 0.3 is 0 Å². The first-order chi connectivity index (χ1) is 10.0. The van der Waals surface area contributed by atoms with Gasteiger partial charge in [0.2, 0.25) is 0 Å². The Morgan fingerprint density at radius 1 is 1.52 bits per heavy atom. The third-order valence-corrected chi connectivity index (χ3v) is 3.54. The molecule has 6 nitrogen and oxygen atoms in total. The first-order valence-electron chi connectivity index (χ1n) is 6.43. The molecule has 1 amide bonds. The molecule has 1 aliphatic heterocycles.